The van der Waals surface area contributed by atoms with Gasteiger partial charge in [-0.25, -0.2) is 0 Å². The summed E-state index contributed by atoms with van der Waals surface area (Å²) in [6.07, 6.45) is 0. The number of carbonyl (C=O) groups is 1. The van der Waals surface area contributed by atoms with E-state index in [1.54, 1.807) is 6.92 Å². The molecule has 0 spiro atoms. The zero-order valence-corrected chi connectivity index (χ0v) is 15.1. The Balaban J connectivity index is 2.43. The number of ketones is 1. The number of hydrogen-bond donors (Lipinski definition) is 1. The van der Waals surface area contributed by atoms with Crippen molar-refractivity contribution in [1.29, 1.82) is 0 Å². The van der Waals surface area contributed by atoms with Crippen LogP contribution < -0.4 is 21.6 Å². The van der Waals surface area contributed by atoms with Crippen LogP contribution in [0.25, 0.3) is 0 Å². The largest absolute Gasteiger partial charge is 0.321 e. The third kappa shape index (κ3) is 3.51. The van der Waals surface area contributed by atoms with Crippen LogP contribution in [0.15, 0.2) is 91.0 Å². The number of rotatable bonds is 5. The Labute approximate surface area is 149 Å². The lowest BCUT2D eigenvalue weighted by atomic mass is 10.3. The Morgan fingerprint density at radius 1 is 0.760 bits per heavy atom. The molecule has 0 aliphatic rings. The number of nitrogens with two attached hydrogens (primary N) is 1. The lowest BCUT2D eigenvalue weighted by Crippen LogP contribution is -2.33. The molecule has 0 aliphatic carbocycles. The minimum Gasteiger partial charge on any atom is -0.321 e. The number of hydrogen-bond acceptors (Lipinski definition) is 2. The van der Waals surface area contributed by atoms with Crippen LogP contribution in [0.4, 0.5) is 0 Å². The molecule has 0 bridgehead atoms. The van der Waals surface area contributed by atoms with Gasteiger partial charge in [0, 0.05) is 0 Å². The van der Waals surface area contributed by atoms with Crippen molar-refractivity contribution in [2.75, 3.05) is 0 Å². The molecule has 3 heteroatoms. The number of carbonyl (C=O) groups excluding carboxylic acids is 1. The molecule has 0 fully saturated rings. The van der Waals surface area contributed by atoms with Crippen molar-refractivity contribution in [1.82, 2.24) is 0 Å². The van der Waals surface area contributed by atoms with Crippen molar-refractivity contribution >= 4 is 34.4 Å². The molecule has 3 rings (SSSR count). The standard InChI is InChI=1S/C22H22NOP/c1-18(23)22(24)17-25(19-11-5-2-6-12-19,20-13-7-3-8-14-20)21-15-9-4-10-16-21/h2-18H,23H2,1H3/t18-/m0/s1. The molecular formula is C22H22NOP. The van der Waals surface area contributed by atoms with E-state index in [1.165, 1.54) is 0 Å². The van der Waals surface area contributed by atoms with Gasteiger partial charge in [-0.15, -0.1) is 0 Å². The van der Waals surface area contributed by atoms with Crippen molar-refractivity contribution in [2.24, 2.45) is 5.73 Å². The minimum absolute atomic E-state index is 0.0232. The van der Waals surface area contributed by atoms with Gasteiger partial charge in [-0.05, 0) is 35.5 Å². The Morgan fingerprint density at radius 3 is 1.36 bits per heavy atom. The van der Waals surface area contributed by atoms with E-state index in [9.17, 15) is 4.79 Å². The van der Waals surface area contributed by atoms with Crippen molar-refractivity contribution in [3.63, 3.8) is 0 Å². The van der Waals surface area contributed by atoms with Gasteiger partial charge in [-0.2, -0.15) is 0 Å². The normalized spacial score (nSPS) is 12.4. The van der Waals surface area contributed by atoms with E-state index in [0.29, 0.717) is 0 Å². The number of benzene rings is 3. The summed E-state index contributed by atoms with van der Waals surface area (Å²) >= 11 is 0. The smallest absolute Gasteiger partial charge is 0.173 e. The molecule has 3 aromatic carbocycles. The van der Waals surface area contributed by atoms with Gasteiger partial charge in [0.2, 0.25) is 0 Å². The topological polar surface area (TPSA) is 43.1 Å². The van der Waals surface area contributed by atoms with Crippen LogP contribution in [-0.2, 0) is 4.79 Å². The fourth-order valence-electron chi connectivity index (χ4n) is 2.97. The molecule has 2 nitrogen and oxygen atoms in total. The highest BCUT2D eigenvalue weighted by Gasteiger charge is 2.26. The summed E-state index contributed by atoms with van der Waals surface area (Å²) in [5.41, 5.74) is 5.91. The fraction of sp³-hybridized carbons (Fsp3) is 0.0909. The first-order valence-corrected chi connectivity index (χ1v) is 10.2. The van der Waals surface area contributed by atoms with Gasteiger partial charge in [0.1, 0.15) is 0 Å². The van der Waals surface area contributed by atoms with Crippen LogP contribution in [0.5, 0.6) is 0 Å². The fourth-order valence-corrected chi connectivity index (χ4v) is 6.85. The van der Waals surface area contributed by atoms with E-state index >= 15 is 0 Å². The van der Waals surface area contributed by atoms with Crippen LogP contribution in [0, 0.1) is 0 Å². The van der Waals surface area contributed by atoms with Crippen molar-refractivity contribution in [3.05, 3.63) is 91.0 Å². The van der Waals surface area contributed by atoms with Gasteiger partial charge in [-0.3, -0.25) is 4.79 Å². The Kier molecular flexibility index (Phi) is 5.33. The van der Waals surface area contributed by atoms with Gasteiger partial charge < -0.3 is 5.73 Å². The molecule has 0 saturated carbocycles. The summed E-state index contributed by atoms with van der Waals surface area (Å²) < 4.78 is 0. The average molecular weight is 347 g/mol. The summed E-state index contributed by atoms with van der Waals surface area (Å²) in [5.74, 6) is 1.86. The lowest BCUT2D eigenvalue weighted by molar-refractivity contribution is -0.113. The highest BCUT2D eigenvalue weighted by molar-refractivity contribution is 7.95. The molecule has 25 heavy (non-hydrogen) atoms. The number of Topliss-reactive ketones (excluding diaryl/α,β-unsaturated/α-hetero) is 1. The predicted octanol–water partition coefficient (Wildman–Crippen LogP) is 2.70. The maximum Gasteiger partial charge on any atom is 0.173 e. The van der Waals surface area contributed by atoms with E-state index in [-0.39, 0.29) is 5.78 Å². The van der Waals surface area contributed by atoms with Crippen molar-refractivity contribution in [2.45, 2.75) is 13.0 Å². The summed E-state index contributed by atoms with van der Waals surface area (Å²) in [4.78, 5) is 12.7. The highest BCUT2D eigenvalue weighted by Crippen LogP contribution is 2.43. The highest BCUT2D eigenvalue weighted by atomic mass is 31.2. The molecule has 0 saturated heterocycles. The third-order valence-corrected chi connectivity index (χ3v) is 8.24. The van der Waals surface area contributed by atoms with Crippen LogP contribution in [0.2, 0.25) is 0 Å². The van der Waals surface area contributed by atoms with Gasteiger partial charge in [-0.1, -0.05) is 91.0 Å². The second kappa shape index (κ2) is 7.65. The first-order valence-electron chi connectivity index (χ1n) is 8.35. The van der Waals surface area contributed by atoms with Gasteiger partial charge in [0.15, 0.2) is 5.78 Å². The Morgan fingerprint density at radius 2 is 1.08 bits per heavy atom. The molecule has 0 aromatic heterocycles. The zero-order chi connectivity index (χ0) is 17.7. The average Bonchev–Trinajstić information content (AvgIpc) is 2.68. The van der Waals surface area contributed by atoms with Crippen LogP contribution in [-0.4, -0.2) is 17.6 Å². The Bertz CT molecular complexity index is 784. The molecule has 0 radical (unpaired) electrons. The maximum atomic E-state index is 12.7. The van der Waals surface area contributed by atoms with E-state index in [0.717, 1.165) is 15.9 Å². The van der Waals surface area contributed by atoms with E-state index in [2.05, 4.69) is 36.4 Å². The molecule has 0 unspecified atom stereocenters. The van der Waals surface area contributed by atoms with E-state index < -0.39 is 12.9 Å². The minimum atomic E-state index is -2.22. The Hall–Kier alpha value is -2.41. The van der Waals surface area contributed by atoms with Crippen LogP contribution in [0.3, 0.4) is 0 Å². The van der Waals surface area contributed by atoms with Gasteiger partial charge in [0.05, 0.1) is 6.04 Å². The SMILES string of the molecule is C[C@H](N)C(=O)C=P(c1ccccc1)(c1ccccc1)c1ccccc1. The second-order valence-electron chi connectivity index (χ2n) is 6.05. The second-order valence-corrected chi connectivity index (χ2v) is 9.30. The van der Waals surface area contributed by atoms with Gasteiger partial charge in [0.25, 0.3) is 0 Å². The summed E-state index contributed by atoms with van der Waals surface area (Å²) in [7, 11) is 0. The lowest BCUT2D eigenvalue weighted by Gasteiger charge is -2.28. The molecule has 0 heterocycles. The van der Waals surface area contributed by atoms with E-state index in [4.69, 9.17) is 5.73 Å². The van der Waals surface area contributed by atoms with Crippen molar-refractivity contribution < 1.29 is 4.79 Å². The molecular weight excluding hydrogens is 325 g/mol. The quantitative estimate of drug-likeness (QED) is 0.721. The molecule has 0 amide bonds. The first-order chi connectivity index (χ1) is 12.1. The molecule has 2 N–H and O–H groups in total. The summed E-state index contributed by atoms with van der Waals surface area (Å²) in [6, 6.07) is 30.3. The van der Waals surface area contributed by atoms with Crippen molar-refractivity contribution in [3.8, 4) is 0 Å². The monoisotopic (exact) mass is 347 g/mol. The maximum absolute atomic E-state index is 12.7. The zero-order valence-electron chi connectivity index (χ0n) is 14.2. The van der Waals surface area contributed by atoms with Crippen LogP contribution >= 0.6 is 6.89 Å². The molecule has 3 aromatic rings. The van der Waals surface area contributed by atoms with E-state index in [1.807, 2.05) is 60.4 Å². The summed E-state index contributed by atoms with van der Waals surface area (Å²) in [6.45, 7) is -0.473. The van der Waals surface area contributed by atoms with Crippen LogP contribution in [0.1, 0.15) is 6.92 Å². The molecule has 1 atom stereocenters. The van der Waals surface area contributed by atoms with Gasteiger partial charge >= 0.3 is 0 Å². The first kappa shape index (κ1) is 17.4. The molecule has 126 valence electrons. The third-order valence-electron chi connectivity index (χ3n) is 4.26. The molecule has 0 aliphatic heterocycles. The summed E-state index contributed by atoms with van der Waals surface area (Å²) in [5, 5.41) is 3.46. The predicted molar refractivity (Wildman–Crippen MR) is 110 cm³/mol.